The number of fused-ring (bicyclic) bond motifs is 1. The van der Waals surface area contributed by atoms with E-state index in [1.807, 2.05) is 0 Å². The standard InChI is InChI=1S/C12H17F3N2O2/c1-17(5-10(18)16-6-12(13,14)15)11(19)9-3-7-2-8(7)4-9/h7-9H,2-6H2,1H3,(H,16,18). The van der Waals surface area contributed by atoms with E-state index in [-0.39, 0.29) is 18.4 Å². The zero-order valence-corrected chi connectivity index (χ0v) is 10.7. The minimum absolute atomic E-state index is 0.0517. The van der Waals surface area contributed by atoms with Gasteiger partial charge >= 0.3 is 6.18 Å². The van der Waals surface area contributed by atoms with Crippen LogP contribution in [0.2, 0.25) is 0 Å². The van der Waals surface area contributed by atoms with Crippen molar-refractivity contribution in [3.05, 3.63) is 0 Å². The quantitative estimate of drug-likeness (QED) is 0.839. The van der Waals surface area contributed by atoms with Gasteiger partial charge in [0, 0.05) is 13.0 Å². The first-order valence-electron chi connectivity index (χ1n) is 6.34. The number of rotatable bonds is 4. The summed E-state index contributed by atoms with van der Waals surface area (Å²) in [5, 5.41) is 1.76. The zero-order chi connectivity index (χ0) is 14.2. The molecule has 2 saturated carbocycles. The maximum atomic E-state index is 12.0. The Balaban J connectivity index is 1.72. The minimum Gasteiger partial charge on any atom is -0.345 e. The third-order valence-corrected chi connectivity index (χ3v) is 3.84. The summed E-state index contributed by atoms with van der Waals surface area (Å²) in [6.07, 6.45) is -1.51. The molecule has 0 radical (unpaired) electrons. The number of carbonyl (C=O) groups excluding carboxylic acids is 2. The second-order valence-corrected chi connectivity index (χ2v) is 5.51. The van der Waals surface area contributed by atoms with Crippen LogP contribution in [0.25, 0.3) is 0 Å². The van der Waals surface area contributed by atoms with Gasteiger partial charge in [-0.1, -0.05) is 0 Å². The predicted molar refractivity (Wildman–Crippen MR) is 61.0 cm³/mol. The Morgan fingerprint density at radius 3 is 2.32 bits per heavy atom. The van der Waals surface area contributed by atoms with E-state index in [1.165, 1.54) is 18.4 Å². The molecule has 19 heavy (non-hydrogen) atoms. The van der Waals surface area contributed by atoms with Gasteiger partial charge in [-0.2, -0.15) is 13.2 Å². The Labute approximate surface area is 109 Å². The SMILES string of the molecule is CN(CC(=O)NCC(F)(F)F)C(=O)C1CC2CC2C1. The van der Waals surface area contributed by atoms with Gasteiger partial charge in [0.1, 0.15) is 6.54 Å². The maximum Gasteiger partial charge on any atom is 0.405 e. The molecule has 108 valence electrons. The molecule has 0 aromatic heterocycles. The number of hydrogen-bond donors (Lipinski definition) is 1. The first kappa shape index (κ1) is 14.1. The van der Waals surface area contributed by atoms with Crippen molar-refractivity contribution in [3.63, 3.8) is 0 Å². The van der Waals surface area contributed by atoms with E-state index in [9.17, 15) is 22.8 Å². The van der Waals surface area contributed by atoms with Crippen LogP contribution in [-0.2, 0) is 9.59 Å². The summed E-state index contributed by atoms with van der Waals surface area (Å²) in [5.41, 5.74) is 0. The van der Waals surface area contributed by atoms with Gasteiger partial charge in [0.05, 0.1) is 6.54 Å². The lowest BCUT2D eigenvalue weighted by Gasteiger charge is -2.21. The molecule has 2 unspecified atom stereocenters. The lowest BCUT2D eigenvalue weighted by atomic mass is 10.0. The number of halogens is 3. The molecular formula is C12H17F3N2O2. The van der Waals surface area contributed by atoms with Gasteiger partial charge in [0.15, 0.2) is 0 Å². The average Bonchev–Trinajstić information content (AvgIpc) is 2.92. The lowest BCUT2D eigenvalue weighted by molar-refractivity contribution is -0.143. The number of carbonyl (C=O) groups is 2. The number of nitrogens with one attached hydrogen (secondary N) is 1. The Morgan fingerprint density at radius 1 is 1.21 bits per heavy atom. The lowest BCUT2D eigenvalue weighted by Crippen LogP contribution is -2.43. The molecule has 2 aliphatic carbocycles. The molecule has 2 aliphatic rings. The van der Waals surface area contributed by atoms with E-state index in [2.05, 4.69) is 0 Å². The Hall–Kier alpha value is -1.27. The number of likely N-dealkylation sites (N-methyl/N-ethyl adjacent to an activating group) is 1. The van der Waals surface area contributed by atoms with Crippen molar-refractivity contribution in [3.8, 4) is 0 Å². The van der Waals surface area contributed by atoms with Gasteiger partial charge in [-0.05, 0) is 31.1 Å². The second-order valence-electron chi connectivity index (χ2n) is 5.51. The van der Waals surface area contributed by atoms with E-state index >= 15 is 0 Å². The van der Waals surface area contributed by atoms with Gasteiger partial charge in [0.2, 0.25) is 11.8 Å². The second kappa shape index (κ2) is 5.02. The molecule has 0 heterocycles. The molecule has 1 N–H and O–H groups in total. The fraction of sp³-hybridized carbons (Fsp3) is 0.833. The van der Waals surface area contributed by atoms with E-state index in [0.29, 0.717) is 11.8 Å². The fourth-order valence-corrected chi connectivity index (χ4v) is 2.78. The molecule has 2 rings (SSSR count). The van der Waals surface area contributed by atoms with Crippen molar-refractivity contribution in [1.82, 2.24) is 10.2 Å². The molecule has 2 atom stereocenters. The van der Waals surface area contributed by atoms with Crippen LogP contribution in [-0.4, -0.2) is 43.0 Å². The van der Waals surface area contributed by atoms with Gasteiger partial charge in [-0.3, -0.25) is 9.59 Å². The van der Waals surface area contributed by atoms with Crippen molar-refractivity contribution in [2.45, 2.75) is 25.4 Å². The zero-order valence-electron chi connectivity index (χ0n) is 10.7. The molecule has 7 heteroatoms. The van der Waals surface area contributed by atoms with Crippen molar-refractivity contribution in [2.24, 2.45) is 17.8 Å². The molecule has 0 aliphatic heterocycles. The Bertz CT molecular complexity index is 374. The molecule has 0 spiro atoms. The van der Waals surface area contributed by atoms with Crippen LogP contribution in [0.1, 0.15) is 19.3 Å². The molecule has 0 aromatic rings. The molecule has 0 aromatic carbocycles. The molecule has 4 nitrogen and oxygen atoms in total. The van der Waals surface area contributed by atoms with Crippen molar-refractivity contribution >= 4 is 11.8 Å². The van der Waals surface area contributed by atoms with Crippen LogP contribution < -0.4 is 5.32 Å². The largest absolute Gasteiger partial charge is 0.405 e. The van der Waals surface area contributed by atoms with Gasteiger partial charge in [-0.15, -0.1) is 0 Å². The topological polar surface area (TPSA) is 49.4 Å². The van der Waals surface area contributed by atoms with Crippen molar-refractivity contribution < 1.29 is 22.8 Å². The van der Waals surface area contributed by atoms with E-state index in [0.717, 1.165) is 12.8 Å². The summed E-state index contributed by atoms with van der Waals surface area (Å²) >= 11 is 0. The Kier molecular flexibility index (Phi) is 3.73. The fourth-order valence-electron chi connectivity index (χ4n) is 2.78. The molecule has 2 amide bonds. The summed E-state index contributed by atoms with van der Waals surface area (Å²) in [6.45, 7) is -1.68. The van der Waals surface area contributed by atoms with Gasteiger partial charge in [-0.25, -0.2) is 0 Å². The van der Waals surface area contributed by atoms with E-state index in [1.54, 1.807) is 5.32 Å². The smallest absolute Gasteiger partial charge is 0.345 e. The molecule has 0 bridgehead atoms. The van der Waals surface area contributed by atoms with Crippen molar-refractivity contribution in [2.75, 3.05) is 20.1 Å². The van der Waals surface area contributed by atoms with Crippen LogP contribution in [0.3, 0.4) is 0 Å². The van der Waals surface area contributed by atoms with Crippen LogP contribution in [0.5, 0.6) is 0 Å². The van der Waals surface area contributed by atoms with E-state index < -0.39 is 18.6 Å². The highest BCUT2D eigenvalue weighted by Crippen LogP contribution is 2.54. The average molecular weight is 278 g/mol. The van der Waals surface area contributed by atoms with Gasteiger partial charge in [0.25, 0.3) is 0 Å². The number of hydrogen-bond acceptors (Lipinski definition) is 2. The minimum atomic E-state index is -4.43. The summed E-state index contributed by atoms with van der Waals surface area (Å²) < 4.78 is 35.7. The number of nitrogens with zero attached hydrogens (tertiary/aromatic N) is 1. The van der Waals surface area contributed by atoms with Crippen LogP contribution in [0, 0.1) is 17.8 Å². The molecular weight excluding hydrogens is 261 g/mol. The monoisotopic (exact) mass is 278 g/mol. The summed E-state index contributed by atoms with van der Waals surface area (Å²) in [7, 11) is 1.46. The van der Waals surface area contributed by atoms with Crippen LogP contribution in [0.15, 0.2) is 0 Å². The molecule has 2 fully saturated rings. The van der Waals surface area contributed by atoms with E-state index in [4.69, 9.17) is 0 Å². The van der Waals surface area contributed by atoms with Crippen LogP contribution >= 0.6 is 0 Å². The molecule has 0 saturated heterocycles. The van der Waals surface area contributed by atoms with Gasteiger partial charge < -0.3 is 10.2 Å². The predicted octanol–water partition coefficient (Wildman–Crippen LogP) is 1.17. The first-order chi connectivity index (χ1) is 8.76. The number of alkyl halides is 3. The third-order valence-electron chi connectivity index (χ3n) is 3.84. The third kappa shape index (κ3) is 3.84. The highest BCUT2D eigenvalue weighted by atomic mass is 19.4. The number of amides is 2. The van der Waals surface area contributed by atoms with Crippen LogP contribution in [0.4, 0.5) is 13.2 Å². The maximum absolute atomic E-state index is 12.0. The van der Waals surface area contributed by atoms with Crippen molar-refractivity contribution in [1.29, 1.82) is 0 Å². The first-order valence-corrected chi connectivity index (χ1v) is 6.34. The summed E-state index contributed by atoms with van der Waals surface area (Å²) in [5.74, 6) is 0.345. The summed E-state index contributed by atoms with van der Waals surface area (Å²) in [6, 6.07) is 0. The summed E-state index contributed by atoms with van der Waals surface area (Å²) in [4.78, 5) is 24.5. The highest BCUT2D eigenvalue weighted by molar-refractivity contribution is 5.86. The highest BCUT2D eigenvalue weighted by Gasteiger charge is 2.48. The normalized spacial score (nSPS) is 28.7. The Morgan fingerprint density at radius 2 is 1.79 bits per heavy atom.